The first-order valence-corrected chi connectivity index (χ1v) is 3.33. The summed E-state index contributed by atoms with van der Waals surface area (Å²) in [6, 6.07) is 3.75. The molecule has 4 heteroatoms. The lowest BCUT2D eigenvalue weighted by Crippen LogP contribution is -2.02. The van der Waals surface area contributed by atoms with Crippen LogP contribution in [0, 0.1) is 5.82 Å². The Morgan fingerprint density at radius 1 is 1.58 bits per heavy atom. The fraction of sp³-hybridized carbons (Fsp3) is 0.125. The first-order chi connectivity index (χ1) is 5.59. The molecule has 3 nitrogen and oxygen atoms in total. The Labute approximate surface area is 68.9 Å². The first-order valence-electron chi connectivity index (χ1n) is 3.33. The summed E-state index contributed by atoms with van der Waals surface area (Å²) >= 11 is 0. The zero-order valence-electron chi connectivity index (χ0n) is 6.50. The van der Waals surface area contributed by atoms with Crippen LogP contribution in [0.1, 0.15) is 6.92 Å². The van der Waals surface area contributed by atoms with E-state index in [9.17, 15) is 9.18 Å². The summed E-state index contributed by atoms with van der Waals surface area (Å²) < 4.78 is 17.2. The number of rotatable bonds is 1. The fourth-order valence-corrected chi connectivity index (χ4v) is 0.751. The standard InChI is InChI=1S/C8H8FNO2/c1-5(11)12-6-2-3-7(9)8(10)4-6/h2-4H,10H2,1H3. The lowest BCUT2D eigenvalue weighted by molar-refractivity contribution is -0.131. The number of carbonyl (C=O) groups excluding carboxylic acids is 1. The van der Waals surface area contributed by atoms with Crippen LogP contribution in [0.2, 0.25) is 0 Å². The molecule has 0 aliphatic carbocycles. The molecule has 0 atom stereocenters. The van der Waals surface area contributed by atoms with Gasteiger partial charge in [-0.25, -0.2) is 4.39 Å². The van der Waals surface area contributed by atoms with Gasteiger partial charge in [-0.15, -0.1) is 0 Å². The molecule has 0 bridgehead atoms. The van der Waals surface area contributed by atoms with Crippen molar-refractivity contribution in [3.8, 4) is 5.75 Å². The normalized spacial score (nSPS) is 9.50. The highest BCUT2D eigenvalue weighted by Gasteiger charge is 2.01. The SMILES string of the molecule is CC(=O)Oc1ccc(F)c(N)c1. The van der Waals surface area contributed by atoms with Crippen molar-refractivity contribution in [2.75, 3.05) is 5.73 Å². The van der Waals surface area contributed by atoms with Crippen LogP contribution in [0.4, 0.5) is 10.1 Å². The zero-order valence-corrected chi connectivity index (χ0v) is 6.50. The van der Waals surface area contributed by atoms with Gasteiger partial charge in [0.25, 0.3) is 0 Å². The summed E-state index contributed by atoms with van der Waals surface area (Å²) in [5, 5.41) is 0. The van der Waals surface area contributed by atoms with Crippen molar-refractivity contribution >= 4 is 11.7 Å². The Hall–Kier alpha value is -1.58. The molecule has 0 unspecified atom stereocenters. The maximum absolute atomic E-state index is 12.6. The summed E-state index contributed by atoms with van der Waals surface area (Å²) in [6.07, 6.45) is 0. The van der Waals surface area contributed by atoms with E-state index in [0.29, 0.717) is 0 Å². The summed E-state index contributed by atoms with van der Waals surface area (Å²) in [4.78, 5) is 10.5. The zero-order chi connectivity index (χ0) is 9.14. The predicted octanol–water partition coefficient (Wildman–Crippen LogP) is 1.33. The monoisotopic (exact) mass is 169 g/mol. The summed E-state index contributed by atoms with van der Waals surface area (Å²) in [7, 11) is 0. The van der Waals surface area contributed by atoms with Gasteiger partial charge in [0.1, 0.15) is 11.6 Å². The second kappa shape index (κ2) is 3.21. The Morgan fingerprint density at radius 3 is 2.75 bits per heavy atom. The van der Waals surface area contributed by atoms with E-state index < -0.39 is 11.8 Å². The Balaban J connectivity index is 2.89. The number of carbonyl (C=O) groups is 1. The van der Waals surface area contributed by atoms with Gasteiger partial charge in [-0.3, -0.25) is 4.79 Å². The fourth-order valence-electron chi connectivity index (χ4n) is 0.751. The van der Waals surface area contributed by atoms with Crippen molar-refractivity contribution in [2.24, 2.45) is 0 Å². The second-order valence-electron chi connectivity index (χ2n) is 2.28. The third kappa shape index (κ3) is 1.95. The van der Waals surface area contributed by atoms with Crippen LogP contribution >= 0.6 is 0 Å². The number of esters is 1. The largest absolute Gasteiger partial charge is 0.427 e. The minimum absolute atomic E-state index is 0.0336. The van der Waals surface area contributed by atoms with E-state index in [-0.39, 0.29) is 11.4 Å². The van der Waals surface area contributed by atoms with Gasteiger partial charge in [0.15, 0.2) is 0 Å². The predicted molar refractivity (Wildman–Crippen MR) is 42.1 cm³/mol. The number of anilines is 1. The first kappa shape index (κ1) is 8.52. The van der Waals surface area contributed by atoms with E-state index in [2.05, 4.69) is 4.74 Å². The summed E-state index contributed by atoms with van der Waals surface area (Å²) in [5.74, 6) is -0.728. The average Bonchev–Trinajstić information content (AvgIpc) is 1.96. The highest BCUT2D eigenvalue weighted by atomic mass is 19.1. The number of hydrogen-bond donors (Lipinski definition) is 1. The van der Waals surface area contributed by atoms with Crippen LogP contribution in [0.15, 0.2) is 18.2 Å². The molecule has 0 aliphatic heterocycles. The molecule has 0 aromatic heterocycles. The van der Waals surface area contributed by atoms with E-state index >= 15 is 0 Å². The highest BCUT2D eigenvalue weighted by molar-refractivity contribution is 5.69. The van der Waals surface area contributed by atoms with Gasteiger partial charge >= 0.3 is 5.97 Å². The molecule has 0 amide bonds. The smallest absolute Gasteiger partial charge is 0.308 e. The third-order valence-electron chi connectivity index (χ3n) is 1.23. The highest BCUT2D eigenvalue weighted by Crippen LogP contribution is 2.18. The molecule has 0 radical (unpaired) electrons. The van der Waals surface area contributed by atoms with Crippen molar-refractivity contribution in [3.63, 3.8) is 0 Å². The minimum atomic E-state index is -0.522. The molecule has 12 heavy (non-hydrogen) atoms. The Kier molecular flexibility index (Phi) is 2.28. The number of benzene rings is 1. The molecule has 0 heterocycles. The van der Waals surface area contributed by atoms with Crippen molar-refractivity contribution in [1.29, 1.82) is 0 Å². The van der Waals surface area contributed by atoms with Gasteiger partial charge < -0.3 is 10.5 Å². The number of ether oxygens (including phenoxy) is 1. The molecule has 2 N–H and O–H groups in total. The summed E-state index contributed by atoms with van der Waals surface area (Å²) in [5.41, 5.74) is 5.20. The van der Waals surface area contributed by atoms with Crippen LogP contribution in [-0.4, -0.2) is 5.97 Å². The van der Waals surface area contributed by atoms with E-state index in [4.69, 9.17) is 5.73 Å². The molecule has 0 spiro atoms. The molecule has 1 rings (SSSR count). The van der Waals surface area contributed by atoms with E-state index in [1.54, 1.807) is 0 Å². The van der Waals surface area contributed by atoms with Crippen molar-refractivity contribution < 1.29 is 13.9 Å². The molecular weight excluding hydrogens is 161 g/mol. The molecule has 1 aromatic rings. The number of hydrogen-bond acceptors (Lipinski definition) is 3. The van der Waals surface area contributed by atoms with Crippen LogP contribution in [-0.2, 0) is 4.79 Å². The van der Waals surface area contributed by atoms with E-state index in [0.717, 1.165) is 6.07 Å². The maximum Gasteiger partial charge on any atom is 0.308 e. The van der Waals surface area contributed by atoms with Gasteiger partial charge in [-0.05, 0) is 12.1 Å². The van der Waals surface area contributed by atoms with Crippen molar-refractivity contribution in [1.82, 2.24) is 0 Å². The van der Waals surface area contributed by atoms with Crippen LogP contribution in [0.3, 0.4) is 0 Å². The van der Waals surface area contributed by atoms with Gasteiger partial charge in [0.2, 0.25) is 0 Å². The number of nitrogen functional groups attached to an aromatic ring is 1. The lowest BCUT2D eigenvalue weighted by Gasteiger charge is -2.01. The van der Waals surface area contributed by atoms with E-state index in [1.807, 2.05) is 0 Å². The lowest BCUT2D eigenvalue weighted by atomic mass is 10.3. The quantitative estimate of drug-likeness (QED) is 0.392. The third-order valence-corrected chi connectivity index (χ3v) is 1.23. The van der Waals surface area contributed by atoms with Crippen molar-refractivity contribution in [2.45, 2.75) is 6.92 Å². The Bertz CT molecular complexity index is 312. The average molecular weight is 169 g/mol. The molecule has 1 aromatic carbocycles. The van der Waals surface area contributed by atoms with Gasteiger partial charge in [0, 0.05) is 13.0 Å². The topological polar surface area (TPSA) is 52.3 Å². The molecule has 64 valence electrons. The van der Waals surface area contributed by atoms with Crippen LogP contribution < -0.4 is 10.5 Å². The van der Waals surface area contributed by atoms with Crippen molar-refractivity contribution in [3.05, 3.63) is 24.0 Å². The number of nitrogens with two attached hydrogens (primary N) is 1. The van der Waals surface area contributed by atoms with Crippen LogP contribution in [0.25, 0.3) is 0 Å². The Morgan fingerprint density at radius 2 is 2.25 bits per heavy atom. The number of halogens is 1. The van der Waals surface area contributed by atoms with Crippen LogP contribution in [0.5, 0.6) is 5.75 Å². The van der Waals surface area contributed by atoms with Gasteiger partial charge in [-0.1, -0.05) is 0 Å². The van der Waals surface area contributed by atoms with E-state index in [1.165, 1.54) is 19.1 Å². The summed E-state index contributed by atoms with van der Waals surface area (Å²) in [6.45, 7) is 1.26. The molecule has 0 saturated heterocycles. The molecule has 0 fully saturated rings. The molecular formula is C8H8FNO2. The minimum Gasteiger partial charge on any atom is -0.427 e. The molecule has 0 saturated carbocycles. The van der Waals surface area contributed by atoms with Gasteiger partial charge in [-0.2, -0.15) is 0 Å². The van der Waals surface area contributed by atoms with Gasteiger partial charge in [0.05, 0.1) is 5.69 Å². The second-order valence-corrected chi connectivity index (χ2v) is 2.28. The molecule has 0 aliphatic rings. The maximum atomic E-state index is 12.6.